The molecule has 3 rings (SSSR count). The van der Waals surface area contributed by atoms with Crippen molar-refractivity contribution in [3.8, 4) is 5.75 Å². The van der Waals surface area contributed by atoms with E-state index in [1.807, 2.05) is 0 Å². The van der Waals surface area contributed by atoms with E-state index in [1.54, 1.807) is 18.2 Å². The Kier molecular flexibility index (Phi) is 4.48. The zero-order valence-corrected chi connectivity index (χ0v) is 14.1. The highest BCUT2D eigenvalue weighted by Crippen LogP contribution is 2.36. The molecule has 0 spiro atoms. The smallest absolute Gasteiger partial charge is 0.232 e. The Hall–Kier alpha value is -1.76. The Morgan fingerprint density at radius 2 is 2.00 bits per heavy atom. The monoisotopic (exact) mass is 338 g/mol. The topological polar surface area (TPSA) is 75.7 Å². The third-order valence-electron chi connectivity index (χ3n) is 4.42. The predicted octanol–water partition coefficient (Wildman–Crippen LogP) is 2.36. The van der Waals surface area contributed by atoms with E-state index < -0.39 is 10.0 Å². The molecule has 6 nitrogen and oxygen atoms in total. The van der Waals surface area contributed by atoms with Gasteiger partial charge in [-0.15, -0.1) is 0 Å². The van der Waals surface area contributed by atoms with Crippen molar-refractivity contribution in [3.05, 3.63) is 18.2 Å². The van der Waals surface area contributed by atoms with Crippen LogP contribution in [0.15, 0.2) is 18.2 Å². The van der Waals surface area contributed by atoms with Gasteiger partial charge in [0.15, 0.2) is 0 Å². The van der Waals surface area contributed by atoms with Gasteiger partial charge in [-0.25, -0.2) is 8.42 Å². The summed E-state index contributed by atoms with van der Waals surface area (Å²) in [5.74, 6) is 0.603. The van der Waals surface area contributed by atoms with E-state index >= 15 is 0 Å². The Morgan fingerprint density at radius 1 is 1.26 bits per heavy atom. The van der Waals surface area contributed by atoms with Crippen molar-refractivity contribution in [1.29, 1.82) is 0 Å². The van der Waals surface area contributed by atoms with Gasteiger partial charge >= 0.3 is 0 Å². The van der Waals surface area contributed by atoms with Crippen LogP contribution in [0.3, 0.4) is 0 Å². The summed E-state index contributed by atoms with van der Waals surface area (Å²) in [6.45, 7) is 0.611. The molecule has 0 saturated heterocycles. The summed E-state index contributed by atoms with van der Waals surface area (Å²) in [6, 6.07) is 5.14. The van der Waals surface area contributed by atoms with Crippen molar-refractivity contribution in [2.24, 2.45) is 5.92 Å². The Balaban J connectivity index is 1.80. The van der Waals surface area contributed by atoms with Gasteiger partial charge in [-0.2, -0.15) is 0 Å². The van der Waals surface area contributed by atoms with Gasteiger partial charge in [-0.3, -0.25) is 9.10 Å². The Bertz CT molecular complexity index is 696. The van der Waals surface area contributed by atoms with Gasteiger partial charge in [0.2, 0.25) is 15.9 Å². The molecule has 0 bridgehead atoms. The average Bonchev–Trinajstić information content (AvgIpc) is 2.54. The van der Waals surface area contributed by atoms with Crippen molar-refractivity contribution in [2.75, 3.05) is 29.0 Å². The average molecular weight is 338 g/mol. The number of rotatable bonds is 3. The fraction of sp³-hybridized carbons (Fsp3) is 0.562. The number of sulfonamides is 1. The molecule has 0 atom stereocenters. The highest BCUT2D eigenvalue weighted by Gasteiger charge is 2.26. The van der Waals surface area contributed by atoms with Gasteiger partial charge in [-0.1, -0.05) is 19.3 Å². The number of hydrogen-bond acceptors (Lipinski definition) is 4. The second kappa shape index (κ2) is 6.39. The van der Waals surface area contributed by atoms with E-state index in [0.29, 0.717) is 23.7 Å². The van der Waals surface area contributed by atoms with Crippen LogP contribution in [0.25, 0.3) is 0 Å². The van der Waals surface area contributed by atoms with E-state index in [-0.39, 0.29) is 18.4 Å². The number of anilines is 2. The number of hydrogen-bond donors (Lipinski definition) is 1. The van der Waals surface area contributed by atoms with Gasteiger partial charge in [0.05, 0.1) is 18.5 Å². The number of nitrogens with zero attached hydrogens (tertiary/aromatic N) is 1. The highest BCUT2D eigenvalue weighted by atomic mass is 32.2. The maximum absolute atomic E-state index is 12.3. The van der Waals surface area contributed by atoms with Crippen LogP contribution in [0.2, 0.25) is 0 Å². The molecule has 0 radical (unpaired) electrons. The van der Waals surface area contributed by atoms with Gasteiger partial charge in [0, 0.05) is 11.6 Å². The number of fused-ring (bicyclic) bond motifs is 1. The Morgan fingerprint density at radius 3 is 2.70 bits per heavy atom. The third-order valence-corrected chi connectivity index (χ3v) is 5.60. The molecule has 23 heavy (non-hydrogen) atoms. The van der Waals surface area contributed by atoms with Gasteiger partial charge < -0.3 is 10.1 Å². The largest absolute Gasteiger partial charge is 0.489 e. The summed E-state index contributed by atoms with van der Waals surface area (Å²) in [7, 11) is -3.36. The highest BCUT2D eigenvalue weighted by molar-refractivity contribution is 7.92. The number of nitrogens with one attached hydrogen (secondary N) is 1. The molecule has 0 unspecified atom stereocenters. The molecule has 1 aromatic carbocycles. The number of carbonyl (C=O) groups is 1. The zero-order chi connectivity index (χ0) is 16.4. The molecule has 126 valence electrons. The summed E-state index contributed by atoms with van der Waals surface area (Å²) in [5, 5.41) is 2.92. The molecular formula is C16H22N2O4S. The third kappa shape index (κ3) is 3.60. The van der Waals surface area contributed by atoms with Crippen LogP contribution in [0.5, 0.6) is 5.75 Å². The molecule has 1 aromatic rings. The van der Waals surface area contributed by atoms with Crippen LogP contribution < -0.4 is 14.4 Å². The molecule has 1 saturated carbocycles. The molecule has 1 fully saturated rings. The second-order valence-corrected chi connectivity index (χ2v) is 8.10. The molecule has 0 aromatic heterocycles. The number of amides is 1. The summed E-state index contributed by atoms with van der Waals surface area (Å²) in [4.78, 5) is 12.3. The maximum atomic E-state index is 12.3. The van der Waals surface area contributed by atoms with Crippen molar-refractivity contribution >= 4 is 27.3 Å². The van der Waals surface area contributed by atoms with Crippen molar-refractivity contribution in [3.63, 3.8) is 0 Å². The molecule has 2 aliphatic rings. The summed E-state index contributed by atoms with van der Waals surface area (Å²) in [5.41, 5.74) is 1.10. The first-order valence-electron chi connectivity index (χ1n) is 8.00. The van der Waals surface area contributed by atoms with Crippen molar-refractivity contribution < 1.29 is 17.9 Å². The summed E-state index contributed by atoms with van der Waals surface area (Å²) >= 11 is 0. The molecule has 1 aliphatic carbocycles. The molecule has 1 aliphatic heterocycles. The molecule has 1 heterocycles. The molecule has 7 heteroatoms. The minimum Gasteiger partial charge on any atom is -0.489 e. The van der Waals surface area contributed by atoms with Crippen LogP contribution in [0.1, 0.15) is 32.1 Å². The quantitative estimate of drug-likeness (QED) is 0.918. The van der Waals surface area contributed by atoms with Crippen LogP contribution >= 0.6 is 0 Å². The first-order chi connectivity index (χ1) is 10.9. The van der Waals surface area contributed by atoms with Crippen LogP contribution in [0.4, 0.5) is 11.4 Å². The Labute approximate surface area is 136 Å². The van der Waals surface area contributed by atoms with Gasteiger partial charge in [-0.05, 0) is 31.0 Å². The summed E-state index contributed by atoms with van der Waals surface area (Å²) in [6.07, 6.45) is 6.42. The van der Waals surface area contributed by atoms with E-state index in [1.165, 1.54) is 17.0 Å². The molecule has 1 amide bonds. The first kappa shape index (κ1) is 16.1. The summed E-state index contributed by atoms with van der Waals surface area (Å²) < 4.78 is 30.7. The number of benzene rings is 1. The molecular weight excluding hydrogens is 316 g/mol. The van der Waals surface area contributed by atoms with E-state index in [9.17, 15) is 13.2 Å². The maximum Gasteiger partial charge on any atom is 0.232 e. The fourth-order valence-corrected chi connectivity index (χ4v) is 4.13. The van der Waals surface area contributed by atoms with E-state index in [2.05, 4.69) is 5.32 Å². The SMILES string of the molecule is CS(=O)(=O)N1CCOc2ccc(NC(=O)C3CCCCC3)cc21. The van der Waals surface area contributed by atoms with Crippen molar-refractivity contribution in [1.82, 2.24) is 0 Å². The lowest BCUT2D eigenvalue weighted by molar-refractivity contribution is -0.120. The lowest BCUT2D eigenvalue weighted by Crippen LogP contribution is -2.37. The van der Waals surface area contributed by atoms with Crippen LogP contribution in [-0.2, 0) is 14.8 Å². The standard InChI is InChI=1S/C16H22N2O4S/c1-23(20,21)18-9-10-22-15-8-7-13(11-14(15)18)17-16(19)12-5-3-2-4-6-12/h7-8,11-12H,2-6,9-10H2,1H3,(H,17,19). The number of carbonyl (C=O) groups excluding carboxylic acids is 1. The van der Waals surface area contributed by atoms with Gasteiger partial charge in [0.25, 0.3) is 0 Å². The van der Waals surface area contributed by atoms with Crippen LogP contribution in [0, 0.1) is 5.92 Å². The fourth-order valence-electron chi connectivity index (χ4n) is 3.22. The molecule has 1 N–H and O–H groups in total. The lowest BCUT2D eigenvalue weighted by Gasteiger charge is -2.29. The van der Waals surface area contributed by atoms with E-state index in [0.717, 1.165) is 25.7 Å². The normalized spacial score (nSPS) is 18.9. The van der Waals surface area contributed by atoms with Gasteiger partial charge in [0.1, 0.15) is 12.4 Å². The second-order valence-electron chi connectivity index (χ2n) is 6.19. The minimum absolute atomic E-state index is 0.0206. The van der Waals surface area contributed by atoms with E-state index in [4.69, 9.17) is 4.74 Å². The first-order valence-corrected chi connectivity index (χ1v) is 9.85. The lowest BCUT2D eigenvalue weighted by atomic mass is 9.88. The van der Waals surface area contributed by atoms with Crippen molar-refractivity contribution in [2.45, 2.75) is 32.1 Å². The zero-order valence-electron chi connectivity index (χ0n) is 13.2. The minimum atomic E-state index is -3.36. The number of ether oxygens (including phenoxy) is 1. The van der Waals surface area contributed by atoms with Crippen LogP contribution in [-0.4, -0.2) is 33.7 Å². The predicted molar refractivity (Wildman–Crippen MR) is 89.3 cm³/mol.